The first kappa shape index (κ1) is 27.1. The summed E-state index contributed by atoms with van der Waals surface area (Å²) in [7, 11) is 2.98. The number of aliphatic hydroxyl groups is 1. The van der Waals surface area contributed by atoms with Crippen LogP contribution in [0.25, 0.3) is 5.76 Å². The van der Waals surface area contributed by atoms with E-state index in [-0.39, 0.29) is 27.7 Å². The van der Waals surface area contributed by atoms with E-state index in [0.29, 0.717) is 17.0 Å². The van der Waals surface area contributed by atoms with Crippen molar-refractivity contribution in [2.24, 2.45) is 0 Å². The molecule has 4 rings (SSSR count). The number of aliphatic hydroxyl groups excluding tert-OH is 1. The maximum Gasteiger partial charge on any atom is 0.300 e. The van der Waals surface area contributed by atoms with Gasteiger partial charge in [-0.25, -0.2) is 0 Å². The standard InChI is InChI=1S/C30H31ClN2O5/c1-6-32(7-2)20-11-13-21(14-12-20)33-26(19-9-8-10-22(17-19)37-4)25(28(35)30(33)36)27(34)23-15-18(3)16-24(31)29(23)38-5/h8-17,26,34H,6-7H2,1-5H3/b27-25+. The van der Waals surface area contributed by atoms with Crippen molar-refractivity contribution in [3.05, 3.63) is 87.9 Å². The highest BCUT2D eigenvalue weighted by atomic mass is 35.5. The van der Waals surface area contributed by atoms with Crippen LogP contribution in [0.4, 0.5) is 11.4 Å². The van der Waals surface area contributed by atoms with Gasteiger partial charge in [-0.05, 0) is 80.4 Å². The Bertz CT molecular complexity index is 1400. The number of rotatable bonds is 8. The molecule has 38 heavy (non-hydrogen) atoms. The lowest BCUT2D eigenvalue weighted by Crippen LogP contribution is -2.29. The third kappa shape index (κ3) is 4.82. The number of hydrogen-bond acceptors (Lipinski definition) is 6. The van der Waals surface area contributed by atoms with Crippen LogP contribution in [-0.4, -0.2) is 44.1 Å². The number of carbonyl (C=O) groups is 2. The third-order valence-electron chi connectivity index (χ3n) is 6.76. The molecule has 0 spiro atoms. The van der Waals surface area contributed by atoms with Gasteiger partial charge in [-0.2, -0.15) is 0 Å². The van der Waals surface area contributed by atoms with Gasteiger partial charge in [-0.1, -0.05) is 23.7 Å². The first-order valence-corrected chi connectivity index (χ1v) is 12.8. The van der Waals surface area contributed by atoms with E-state index >= 15 is 0 Å². The quantitative estimate of drug-likeness (QED) is 0.212. The summed E-state index contributed by atoms with van der Waals surface area (Å²) in [5, 5.41) is 11.9. The van der Waals surface area contributed by atoms with Crippen LogP contribution in [0.3, 0.4) is 0 Å². The predicted molar refractivity (Wildman–Crippen MR) is 151 cm³/mol. The fraction of sp³-hybridized carbons (Fsp3) is 0.267. The molecule has 0 saturated carbocycles. The van der Waals surface area contributed by atoms with Crippen LogP contribution in [0.5, 0.6) is 11.5 Å². The zero-order valence-corrected chi connectivity index (χ0v) is 22.9. The maximum absolute atomic E-state index is 13.6. The smallest absolute Gasteiger partial charge is 0.300 e. The highest BCUT2D eigenvalue weighted by Gasteiger charge is 2.47. The topological polar surface area (TPSA) is 79.3 Å². The van der Waals surface area contributed by atoms with Crippen molar-refractivity contribution >= 4 is 40.4 Å². The van der Waals surface area contributed by atoms with Gasteiger partial charge in [0.15, 0.2) is 0 Å². The van der Waals surface area contributed by atoms with Crippen molar-refractivity contribution in [2.45, 2.75) is 26.8 Å². The molecule has 1 amide bonds. The van der Waals surface area contributed by atoms with E-state index in [0.717, 1.165) is 24.3 Å². The van der Waals surface area contributed by atoms with Gasteiger partial charge in [0.2, 0.25) is 0 Å². The number of amides is 1. The Morgan fingerprint density at radius 3 is 2.29 bits per heavy atom. The van der Waals surface area contributed by atoms with Crippen LogP contribution in [0.15, 0.2) is 66.2 Å². The number of anilines is 2. The van der Waals surface area contributed by atoms with E-state index in [1.165, 1.54) is 12.0 Å². The van der Waals surface area contributed by atoms with Crippen LogP contribution in [0.2, 0.25) is 5.02 Å². The second-order valence-electron chi connectivity index (χ2n) is 8.96. The summed E-state index contributed by atoms with van der Waals surface area (Å²) >= 11 is 6.39. The molecule has 0 aliphatic carbocycles. The number of Topliss-reactive ketones (excluding diaryl/α,β-unsaturated/α-hetero) is 1. The summed E-state index contributed by atoms with van der Waals surface area (Å²) in [6.45, 7) is 7.64. The molecular weight excluding hydrogens is 504 g/mol. The van der Waals surface area contributed by atoms with E-state index < -0.39 is 17.7 Å². The molecule has 1 heterocycles. The Balaban J connectivity index is 1.95. The number of hydrogen-bond donors (Lipinski definition) is 1. The SMILES string of the molecule is CCN(CC)c1ccc(N2C(=O)C(=O)/C(=C(/O)c3cc(C)cc(Cl)c3OC)C2c2cccc(OC)c2)cc1. The van der Waals surface area contributed by atoms with Crippen molar-refractivity contribution in [3.8, 4) is 11.5 Å². The Kier molecular flexibility index (Phi) is 7.97. The molecule has 7 nitrogen and oxygen atoms in total. The average Bonchev–Trinajstić information content (AvgIpc) is 3.19. The first-order valence-electron chi connectivity index (χ1n) is 12.4. The first-order chi connectivity index (χ1) is 18.2. The Morgan fingerprint density at radius 1 is 1.00 bits per heavy atom. The van der Waals surface area contributed by atoms with E-state index in [2.05, 4.69) is 18.7 Å². The van der Waals surface area contributed by atoms with Crippen molar-refractivity contribution in [2.75, 3.05) is 37.1 Å². The molecule has 8 heteroatoms. The van der Waals surface area contributed by atoms with E-state index in [1.54, 1.807) is 43.5 Å². The van der Waals surface area contributed by atoms with E-state index in [1.807, 2.05) is 31.2 Å². The zero-order chi connectivity index (χ0) is 27.6. The second kappa shape index (κ2) is 11.2. The zero-order valence-electron chi connectivity index (χ0n) is 22.1. The molecule has 3 aromatic rings. The summed E-state index contributed by atoms with van der Waals surface area (Å²) in [5.74, 6) is -1.13. The van der Waals surface area contributed by atoms with Gasteiger partial charge in [-0.3, -0.25) is 14.5 Å². The highest BCUT2D eigenvalue weighted by molar-refractivity contribution is 6.51. The van der Waals surface area contributed by atoms with Gasteiger partial charge >= 0.3 is 0 Å². The number of halogens is 1. The van der Waals surface area contributed by atoms with Gasteiger partial charge in [0.25, 0.3) is 11.7 Å². The van der Waals surface area contributed by atoms with Crippen molar-refractivity contribution in [3.63, 3.8) is 0 Å². The number of ketones is 1. The summed E-state index contributed by atoms with van der Waals surface area (Å²) in [6, 6.07) is 17.1. The van der Waals surface area contributed by atoms with Gasteiger partial charge in [-0.15, -0.1) is 0 Å². The fourth-order valence-electron chi connectivity index (χ4n) is 4.90. The van der Waals surface area contributed by atoms with Gasteiger partial charge in [0.1, 0.15) is 17.3 Å². The van der Waals surface area contributed by atoms with Crippen LogP contribution < -0.4 is 19.3 Å². The van der Waals surface area contributed by atoms with Gasteiger partial charge < -0.3 is 19.5 Å². The number of benzene rings is 3. The summed E-state index contributed by atoms with van der Waals surface area (Å²) in [5.41, 5.74) is 3.08. The second-order valence-corrected chi connectivity index (χ2v) is 9.37. The molecule has 1 unspecified atom stereocenters. The highest BCUT2D eigenvalue weighted by Crippen LogP contribution is 2.45. The molecule has 3 aromatic carbocycles. The van der Waals surface area contributed by atoms with Crippen molar-refractivity contribution in [1.82, 2.24) is 0 Å². The fourth-order valence-corrected chi connectivity index (χ4v) is 5.25. The molecule has 1 N–H and O–H groups in total. The van der Waals surface area contributed by atoms with E-state index in [9.17, 15) is 14.7 Å². The minimum Gasteiger partial charge on any atom is -0.507 e. The lowest BCUT2D eigenvalue weighted by molar-refractivity contribution is -0.132. The van der Waals surface area contributed by atoms with Crippen molar-refractivity contribution in [1.29, 1.82) is 0 Å². The van der Waals surface area contributed by atoms with E-state index in [4.69, 9.17) is 21.1 Å². The maximum atomic E-state index is 13.6. The van der Waals surface area contributed by atoms with Crippen LogP contribution >= 0.6 is 11.6 Å². The number of aryl methyl sites for hydroxylation is 1. The molecule has 1 fully saturated rings. The van der Waals surface area contributed by atoms with Crippen LogP contribution in [0, 0.1) is 6.92 Å². The minimum atomic E-state index is -0.909. The van der Waals surface area contributed by atoms with Crippen molar-refractivity contribution < 1.29 is 24.2 Å². The normalized spacial score (nSPS) is 16.6. The Labute approximate surface area is 227 Å². The van der Waals surface area contributed by atoms with Crippen LogP contribution in [-0.2, 0) is 9.59 Å². The average molecular weight is 535 g/mol. The molecule has 1 aliphatic heterocycles. The van der Waals surface area contributed by atoms with Gasteiger partial charge in [0, 0.05) is 24.5 Å². The molecule has 0 radical (unpaired) electrons. The Morgan fingerprint density at radius 2 is 1.68 bits per heavy atom. The third-order valence-corrected chi connectivity index (χ3v) is 7.04. The Hall–Kier alpha value is -3.97. The predicted octanol–water partition coefficient (Wildman–Crippen LogP) is 6.14. The van der Waals surface area contributed by atoms with Gasteiger partial charge in [0.05, 0.1) is 36.4 Å². The molecule has 1 saturated heterocycles. The molecule has 198 valence electrons. The molecule has 1 aliphatic rings. The number of carbonyl (C=O) groups excluding carboxylic acids is 2. The number of methoxy groups -OCH3 is 2. The summed E-state index contributed by atoms with van der Waals surface area (Å²) in [4.78, 5) is 30.7. The molecule has 0 aromatic heterocycles. The molecular formula is C30H31ClN2O5. The number of ether oxygens (including phenoxy) is 2. The van der Waals surface area contributed by atoms with Crippen LogP contribution in [0.1, 0.15) is 36.6 Å². The summed E-state index contributed by atoms with van der Waals surface area (Å²) in [6.07, 6.45) is 0. The summed E-state index contributed by atoms with van der Waals surface area (Å²) < 4.78 is 10.9. The lowest BCUT2D eigenvalue weighted by Gasteiger charge is -2.27. The molecule has 0 bridgehead atoms. The number of nitrogens with zero attached hydrogens (tertiary/aromatic N) is 2. The largest absolute Gasteiger partial charge is 0.507 e. The minimum absolute atomic E-state index is 0.0592. The monoisotopic (exact) mass is 534 g/mol. The lowest BCUT2D eigenvalue weighted by atomic mass is 9.94. The molecule has 1 atom stereocenters.